The number of carbonyl (C=O) groups excluding carboxylic acids is 2. The van der Waals surface area contributed by atoms with Crippen LogP contribution in [-0.4, -0.2) is 46.7 Å². The van der Waals surface area contributed by atoms with Gasteiger partial charge in [-0.25, -0.2) is 0 Å². The van der Waals surface area contributed by atoms with Gasteiger partial charge in [0.15, 0.2) is 11.6 Å². The van der Waals surface area contributed by atoms with E-state index in [1.807, 2.05) is 0 Å². The van der Waals surface area contributed by atoms with Crippen molar-refractivity contribution in [1.82, 2.24) is 0 Å². The standard InChI is InChI=1S/C24H22O6/c1-30-17(14-25)12-18-23(28)19(21(26)15-8-4-2-5-9-15)13-20(24(18)29)22(27)16-10-6-3-7-11-16/h2-11,13,17,25,28-29H,12,14H2,1H3. The number of aliphatic hydroxyl groups is 1. The number of ketones is 2. The Balaban J connectivity index is 2.19. The molecule has 1 atom stereocenters. The van der Waals surface area contributed by atoms with Crippen LogP contribution in [0.2, 0.25) is 0 Å². The number of methoxy groups -OCH3 is 1. The van der Waals surface area contributed by atoms with Crippen molar-refractivity contribution in [1.29, 1.82) is 0 Å². The van der Waals surface area contributed by atoms with E-state index in [2.05, 4.69) is 0 Å². The summed E-state index contributed by atoms with van der Waals surface area (Å²) in [7, 11) is 1.38. The summed E-state index contributed by atoms with van der Waals surface area (Å²) < 4.78 is 5.14. The van der Waals surface area contributed by atoms with E-state index in [4.69, 9.17) is 4.74 Å². The maximum atomic E-state index is 13.0. The molecule has 30 heavy (non-hydrogen) atoms. The molecule has 6 nitrogen and oxygen atoms in total. The van der Waals surface area contributed by atoms with Crippen LogP contribution >= 0.6 is 0 Å². The molecular formula is C24H22O6. The van der Waals surface area contributed by atoms with Crippen LogP contribution in [-0.2, 0) is 11.2 Å². The van der Waals surface area contributed by atoms with Gasteiger partial charge < -0.3 is 20.1 Å². The van der Waals surface area contributed by atoms with Gasteiger partial charge in [-0.15, -0.1) is 0 Å². The molecule has 1 unspecified atom stereocenters. The molecule has 3 N–H and O–H groups in total. The third-order valence-corrected chi connectivity index (χ3v) is 4.90. The van der Waals surface area contributed by atoms with Crippen LogP contribution in [0.25, 0.3) is 0 Å². The number of phenolic OH excluding ortho intramolecular Hbond substituents is 2. The summed E-state index contributed by atoms with van der Waals surface area (Å²) in [6.07, 6.45) is -0.820. The lowest BCUT2D eigenvalue weighted by Gasteiger charge is -2.18. The Labute approximate surface area is 174 Å². The largest absolute Gasteiger partial charge is 0.507 e. The summed E-state index contributed by atoms with van der Waals surface area (Å²) in [5.74, 6) is -1.87. The van der Waals surface area contributed by atoms with Gasteiger partial charge >= 0.3 is 0 Å². The van der Waals surface area contributed by atoms with E-state index in [9.17, 15) is 24.9 Å². The first-order valence-electron chi connectivity index (χ1n) is 9.38. The first-order chi connectivity index (χ1) is 14.5. The lowest BCUT2D eigenvalue weighted by atomic mass is 9.91. The zero-order valence-corrected chi connectivity index (χ0v) is 16.4. The molecule has 3 aromatic carbocycles. The number of hydrogen-bond acceptors (Lipinski definition) is 6. The van der Waals surface area contributed by atoms with Crippen LogP contribution in [0.4, 0.5) is 0 Å². The van der Waals surface area contributed by atoms with Crippen LogP contribution in [0.5, 0.6) is 11.5 Å². The van der Waals surface area contributed by atoms with Crippen molar-refractivity contribution < 1.29 is 29.6 Å². The first-order valence-corrected chi connectivity index (χ1v) is 9.38. The highest BCUT2D eigenvalue weighted by Crippen LogP contribution is 2.37. The van der Waals surface area contributed by atoms with Crippen LogP contribution in [0.3, 0.4) is 0 Å². The molecule has 0 heterocycles. The third-order valence-electron chi connectivity index (χ3n) is 4.90. The number of aromatic hydroxyl groups is 2. The highest BCUT2D eigenvalue weighted by atomic mass is 16.5. The highest BCUT2D eigenvalue weighted by Gasteiger charge is 2.27. The van der Waals surface area contributed by atoms with Crippen LogP contribution < -0.4 is 0 Å². The van der Waals surface area contributed by atoms with Gasteiger partial charge in [0.2, 0.25) is 0 Å². The summed E-state index contributed by atoms with van der Waals surface area (Å²) in [6, 6.07) is 17.9. The SMILES string of the molecule is COC(CO)Cc1c(O)c(C(=O)c2ccccc2)cc(C(=O)c2ccccc2)c1O. The minimum atomic E-state index is -0.733. The minimum absolute atomic E-state index is 0.0306. The summed E-state index contributed by atoms with van der Waals surface area (Å²) in [4.78, 5) is 26.1. The van der Waals surface area contributed by atoms with E-state index in [0.717, 1.165) is 0 Å². The predicted molar refractivity (Wildman–Crippen MR) is 111 cm³/mol. The fourth-order valence-corrected chi connectivity index (χ4v) is 3.20. The molecule has 6 heteroatoms. The molecule has 0 fully saturated rings. The van der Waals surface area contributed by atoms with Crippen molar-refractivity contribution in [2.24, 2.45) is 0 Å². The lowest BCUT2D eigenvalue weighted by Crippen LogP contribution is -2.20. The quantitative estimate of drug-likeness (QED) is 0.497. The molecule has 0 radical (unpaired) electrons. The predicted octanol–water partition coefficient (Wildman–Crippen LogP) is 3.11. The van der Waals surface area contributed by atoms with E-state index in [-0.39, 0.29) is 29.7 Å². The number of phenols is 2. The number of carbonyl (C=O) groups is 2. The van der Waals surface area contributed by atoms with Crippen molar-refractivity contribution in [3.63, 3.8) is 0 Å². The van der Waals surface area contributed by atoms with Crippen molar-refractivity contribution in [2.75, 3.05) is 13.7 Å². The number of aliphatic hydroxyl groups excluding tert-OH is 1. The van der Waals surface area contributed by atoms with Gasteiger partial charge in [0.05, 0.1) is 23.8 Å². The van der Waals surface area contributed by atoms with Gasteiger partial charge in [0, 0.05) is 30.2 Å². The van der Waals surface area contributed by atoms with E-state index < -0.39 is 29.2 Å². The zero-order chi connectivity index (χ0) is 21.7. The fraction of sp³-hybridized carbons (Fsp3) is 0.167. The average Bonchev–Trinajstić information content (AvgIpc) is 2.80. The van der Waals surface area contributed by atoms with Crippen molar-refractivity contribution >= 4 is 11.6 Å². The number of hydrogen-bond donors (Lipinski definition) is 3. The molecule has 0 saturated heterocycles. The van der Waals surface area contributed by atoms with E-state index in [1.54, 1.807) is 60.7 Å². The summed E-state index contributed by atoms with van der Waals surface area (Å²) in [6.45, 7) is -0.367. The van der Waals surface area contributed by atoms with Gasteiger partial charge in [-0.05, 0) is 6.07 Å². The van der Waals surface area contributed by atoms with Gasteiger partial charge in [-0.2, -0.15) is 0 Å². The molecule has 0 aromatic heterocycles. The van der Waals surface area contributed by atoms with Crippen molar-refractivity contribution in [3.8, 4) is 11.5 Å². The molecule has 0 amide bonds. The molecule has 0 aliphatic carbocycles. The van der Waals surface area contributed by atoms with Crippen molar-refractivity contribution in [3.05, 3.63) is 94.5 Å². The molecule has 0 aliphatic heterocycles. The second kappa shape index (κ2) is 9.35. The zero-order valence-electron chi connectivity index (χ0n) is 16.4. The number of ether oxygens (including phenoxy) is 1. The molecular weight excluding hydrogens is 384 g/mol. The number of benzene rings is 3. The Morgan fingerprint density at radius 1 is 0.833 bits per heavy atom. The second-order valence-electron chi connectivity index (χ2n) is 6.78. The van der Waals surface area contributed by atoms with E-state index >= 15 is 0 Å². The summed E-state index contributed by atoms with van der Waals surface area (Å²) in [5, 5.41) is 31.0. The minimum Gasteiger partial charge on any atom is -0.507 e. The molecule has 0 saturated carbocycles. The van der Waals surface area contributed by atoms with Crippen LogP contribution in [0.15, 0.2) is 66.7 Å². The Hall–Kier alpha value is -3.48. The molecule has 154 valence electrons. The monoisotopic (exact) mass is 406 g/mol. The second-order valence-corrected chi connectivity index (χ2v) is 6.78. The maximum absolute atomic E-state index is 13.0. The van der Waals surface area contributed by atoms with E-state index in [0.29, 0.717) is 11.1 Å². The fourth-order valence-electron chi connectivity index (χ4n) is 3.20. The normalized spacial score (nSPS) is 11.8. The van der Waals surface area contributed by atoms with Crippen LogP contribution in [0, 0.1) is 0 Å². The molecule has 0 aliphatic rings. The van der Waals surface area contributed by atoms with Gasteiger partial charge in [0.25, 0.3) is 0 Å². The van der Waals surface area contributed by atoms with Gasteiger partial charge in [0.1, 0.15) is 11.5 Å². The Morgan fingerprint density at radius 3 is 1.63 bits per heavy atom. The molecule has 0 spiro atoms. The van der Waals surface area contributed by atoms with Crippen LogP contribution in [0.1, 0.15) is 37.4 Å². The van der Waals surface area contributed by atoms with Gasteiger partial charge in [-0.3, -0.25) is 9.59 Å². The average molecular weight is 406 g/mol. The lowest BCUT2D eigenvalue weighted by molar-refractivity contribution is 0.0487. The summed E-state index contributed by atoms with van der Waals surface area (Å²) in [5.41, 5.74) is 0.403. The molecule has 3 aromatic rings. The topological polar surface area (TPSA) is 104 Å². The third kappa shape index (κ3) is 4.25. The first kappa shape index (κ1) is 21.2. The smallest absolute Gasteiger partial charge is 0.196 e. The highest BCUT2D eigenvalue weighted by molar-refractivity contribution is 6.16. The van der Waals surface area contributed by atoms with E-state index in [1.165, 1.54) is 13.2 Å². The van der Waals surface area contributed by atoms with Gasteiger partial charge in [-0.1, -0.05) is 60.7 Å². The Bertz CT molecular complexity index is 965. The Morgan fingerprint density at radius 2 is 1.27 bits per heavy atom. The maximum Gasteiger partial charge on any atom is 0.196 e. The van der Waals surface area contributed by atoms with Crippen molar-refractivity contribution in [2.45, 2.75) is 12.5 Å². The number of rotatable bonds is 8. The molecule has 3 rings (SSSR count). The summed E-state index contributed by atoms with van der Waals surface area (Å²) >= 11 is 0. The molecule has 0 bridgehead atoms. The Kier molecular flexibility index (Phi) is 6.61.